The van der Waals surface area contributed by atoms with Crippen molar-refractivity contribution in [1.82, 2.24) is 23.7 Å². The van der Waals surface area contributed by atoms with Gasteiger partial charge in [-0.15, -0.1) is 0 Å². The molecule has 14 rings (SSSR count). The molecule has 2 aliphatic carbocycles. The van der Waals surface area contributed by atoms with Gasteiger partial charge in [0, 0.05) is 81.0 Å². The van der Waals surface area contributed by atoms with Crippen LogP contribution in [0.4, 0.5) is 0 Å². The summed E-state index contributed by atoms with van der Waals surface area (Å²) in [5.74, 6) is 0.926. The van der Waals surface area contributed by atoms with Crippen LogP contribution in [-0.4, -0.2) is 36.8 Å². The van der Waals surface area contributed by atoms with E-state index >= 15 is 0 Å². The highest BCUT2D eigenvalue weighted by molar-refractivity contribution is 6.23. The van der Waals surface area contributed by atoms with Gasteiger partial charge in [-0.25, -0.2) is 9.97 Å². The molecule has 0 saturated heterocycles. The number of aromatic nitrogens is 5. The first-order valence-corrected chi connectivity index (χ1v) is 21.8. The molecule has 7 nitrogen and oxygen atoms in total. The lowest BCUT2D eigenvalue weighted by molar-refractivity contribution is 0.840. The van der Waals surface area contributed by atoms with Gasteiger partial charge >= 0.3 is 0 Å². The quantitative estimate of drug-likeness (QED) is 0.181. The Labute approximate surface area is 362 Å². The van der Waals surface area contributed by atoms with Gasteiger partial charge in [0.25, 0.3) is 0 Å². The molecule has 12 aromatic rings. The van der Waals surface area contributed by atoms with E-state index in [9.17, 15) is 0 Å². The van der Waals surface area contributed by atoms with E-state index < -0.39 is 0 Å². The maximum Gasteiger partial charge on any atom is 0.234 e. The highest BCUT2D eigenvalue weighted by Crippen LogP contribution is 2.48. The van der Waals surface area contributed by atoms with Crippen molar-refractivity contribution < 1.29 is 0 Å². The number of fused-ring (bicyclic) bond motifs is 15. The minimum absolute atomic E-state index is 0.149. The Morgan fingerprint density at radius 3 is 1.25 bits per heavy atom. The van der Waals surface area contributed by atoms with Crippen LogP contribution >= 0.6 is 0 Å². The predicted molar refractivity (Wildman–Crippen MR) is 258 cm³/mol. The molecular formula is C56H39N7. The van der Waals surface area contributed by atoms with E-state index in [1.807, 2.05) is 18.5 Å². The van der Waals surface area contributed by atoms with Gasteiger partial charge in [-0.2, -0.15) is 0 Å². The van der Waals surface area contributed by atoms with Gasteiger partial charge in [-0.05, 0) is 111 Å². The summed E-state index contributed by atoms with van der Waals surface area (Å²) < 4.78 is 7.10. The van der Waals surface area contributed by atoms with Crippen molar-refractivity contribution >= 4 is 65.4 Å². The number of hydrogen-bond acceptors (Lipinski definition) is 4. The predicted octanol–water partition coefficient (Wildman–Crippen LogP) is 11.9. The van der Waals surface area contributed by atoms with Crippen molar-refractivity contribution in [2.45, 2.75) is 11.8 Å². The molecule has 0 fully saturated rings. The van der Waals surface area contributed by atoms with E-state index in [0.717, 1.165) is 55.2 Å². The highest BCUT2D eigenvalue weighted by atomic mass is 15.2. The Kier molecular flexibility index (Phi) is 7.10. The second-order valence-electron chi connectivity index (χ2n) is 17.2. The third-order valence-electron chi connectivity index (χ3n) is 14.2. The zero-order chi connectivity index (χ0) is 41.5. The Bertz CT molecular complexity index is 3670. The van der Waals surface area contributed by atoms with Crippen LogP contribution in [0.1, 0.15) is 34.1 Å². The molecule has 298 valence electrons. The van der Waals surface area contributed by atoms with Crippen LogP contribution in [0.2, 0.25) is 0 Å². The molecule has 8 aromatic carbocycles. The van der Waals surface area contributed by atoms with Gasteiger partial charge in [0.15, 0.2) is 0 Å². The topological polar surface area (TPSA) is 92.6 Å². The van der Waals surface area contributed by atoms with Crippen LogP contribution < -0.4 is 11.5 Å². The van der Waals surface area contributed by atoms with Gasteiger partial charge in [-0.3, -0.25) is 4.57 Å². The molecular weight excluding hydrogens is 771 g/mol. The van der Waals surface area contributed by atoms with Crippen molar-refractivity contribution in [2.75, 3.05) is 13.1 Å². The minimum Gasteiger partial charge on any atom is -0.330 e. The summed E-state index contributed by atoms with van der Waals surface area (Å²) in [6.07, 6.45) is 3.66. The van der Waals surface area contributed by atoms with Crippen molar-refractivity contribution in [1.29, 1.82) is 0 Å². The number of para-hydroxylation sites is 2. The number of nitrogens with zero attached hydrogens (tertiary/aromatic N) is 5. The van der Waals surface area contributed by atoms with E-state index in [2.05, 4.69) is 171 Å². The first kappa shape index (κ1) is 34.8. The molecule has 2 aliphatic rings. The molecule has 4 aromatic heterocycles. The second-order valence-corrected chi connectivity index (χ2v) is 17.2. The zero-order valence-electron chi connectivity index (χ0n) is 34.2. The molecule has 63 heavy (non-hydrogen) atoms. The molecule has 2 unspecified atom stereocenters. The van der Waals surface area contributed by atoms with E-state index in [-0.39, 0.29) is 11.8 Å². The third kappa shape index (κ3) is 4.64. The number of rotatable bonds is 5. The van der Waals surface area contributed by atoms with Crippen LogP contribution in [-0.2, 0) is 0 Å². The first-order chi connectivity index (χ1) is 31.2. The van der Waals surface area contributed by atoms with Gasteiger partial charge in [0.05, 0.1) is 33.1 Å². The van der Waals surface area contributed by atoms with Gasteiger partial charge in [0.2, 0.25) is 5.95 Å². The second kappa shape index (κ2) is 12.8. The van der Waals surface area contributed by atoms with Crippen molar-refractivity contribution in [3.8, 4) is 39.6 Å². The van der Waals surface area contributed by atoms with Crippen LogP contribution in [0.3, 0.4) is 0 Å². The smallest absolute Gasteiger partial charge is 0.234 e. The summed E-state index contributed by atoms with van der Waals surface area (Å²) in [6, 6.07) is 60.1. The molecule has 0 radical (unpaired) electrons. The minimum atomic E-state index is 0.149. The number of nitrogens with two attached hydrogens (primary N) is 2. The standard InChI is InChI=1S/C56H39N7/c57-30-48-36-12-3-1-10-34(36)38-20-18-32(24-42(38)48)61-50-16-7-5-14-40(50)44-26-46-47-27-45-41-15-6-8-17-51(41)62(33-19-21-39-35-11-2-4-13-37(35)49(31-58)43(39)25-33)53(45)29-55(47)63(54(46)28-52(44)61)56-59-22-9-23-60-56/h1-29,48-49H,30-31,57-58H2. The fourth-order valence-corrected chi connectivity index (χ4v) is 11.5. The monoisotopic (exact) mass is 809 g/mol. The summed E-state index contributed by atoms with van der Waals surface area (Å²) in [6.45, 7) is 1.11. The third-order valence-corrected chi connectivity index (χ3v) is 14.2. The Morgan fingerprint density at radius 1 is 0.349 bits per heavy atom. The molecule has 7 heteroatoms. The van der Waals surface area contributed by atoms with E-state index in [1.165, 1.54) is 66.1 Å². The van der Waals surface area contributed by atoms with Crippen LogP contribution in [0.15, 0.2) is 176 Å². The maximum absolute atomic E-state index is 6.51. The lowest BCUT2D eigenvalue weighted by atomic mass is 9.97. The van der Waals surface area contributed by atoms with Crippen LogP contribution in [0.5, 0.6) is 0 Å². The fraction of sp³-hybridized carbons (Fsp3) is 0.0714. The van der Waals surface area contributed by atoms with Crippen molar-refractivity contribution in [3.63, 3.8) is 0 Å². The van der Waals surface area contributed by atoms with Crippen LogP contribution in [0.25, 0.3) is 105 Å². The van der Waals surface area contributed by atoms with Gasteiger partial charge in [-0.1, -0.05) is 97.1 Å². The Balaban J connectivity index is 1.05. The Hall–Kier alpha value is -7.84. The summed E-state index contributed by atoms with van der Waals surface area (Å²) >= 11 is 0. The first-order valence-electron chi connectivity index (χ1n) is 21.8. The molecule has 4 heterocycles. The summed E-state index contributed by atoms with van der Waals surface area (Å²) in [7, 11) is 0. The van der Waals surface area contributed by atoms with Crippen molar-refractivity contribution in [2.24, 2.45) is 11.5 Å². The largest absolute Gasteiger partial charge is 0.330 e. The van der Waals surface area contributed by atoms with Gasteiger partial charge in [0.1, 0.15) is 0 Å². The SMILES string of the molecule is NCC1c2ccccc2-c2ccc(-n3c4ccccc4c4cc5c6cc7c8ccccc8n(-c8ccc9c(c8)C(CN)c8ccccc8-9)c7cc6n(-c6ncccn6)c5cc43)cc21. The molecule has 0 aliphatic heterocycles. The average molecular weight is 810 g/mol. The normalized spacial score (nSPS) is 15.3. The number of benzene rings is 8. The fourth-order valence-electron chi connectivity index (χ4n) is 11.5. The summed E-state index contributed by atoms with van der Waals surface area (Å²) in [4.78, 5) is 9.79. The number of hydrogen-bond donors (Lipinski definition) is 2. The van der Waals surface area contributed by atoms with Crippen LogP contribution in [0, 0.1) is 0 Å². The molecule has 0 bridgehead atoms. The molecule has 0 saturated carbocycles. The average Bonchev–Trinajstić information content (AvgIpc) is 4.11. The zero-order valence-corrected chi connectivity index (χ0v) is 34.2. The summed E-state index contributed by atoms with van der Waals surface area (Å²) in [5.41, 5.74) is 32.2. The molecule has 2 atom stereocenters. The van der Waals surface area contributed by atoms with E-state index in [4.69, 9.17) is 21.4 Å². The highest BCUT2D eigenvalue weighted by Gasteiger charge is 2.30. The molecule has 0 amide bonds. The van der Waals surface area contributed by atoms with E-state index in [0.29, 0.717) is 19.0 Å². The van der Waals surface area contributed by atoms with Gasteiger partial charge < -0.3 is 20.6 Å². The molecule has 4 N–H and O–H groups in total. The lowest BCUT2D eigenvalue weighted by Crippen LogP contribution is -2.11. The lowest BCUT2D eigenvalue weighted by Gasteiger charge is -2.14. The molecule has 0 spiro atoms. The van der Waals surface area contributed by atoms with E-state index in [1.54, 1.807) is 0 Å². The van der Waals surface area contributed by atoms with Crippen molar-refractivity contribution in [3.05, 3.63) is 198 Å². The Morgan fingerprint density at radius 2 is 0.762 bits per heavy atom. The maximum atomic E-state index is 6.51. The summed E-state index contributed by atoms with van der Waals surface area (Å²) in [5, 5.41) is 7.11.